The average molecular weight is 286 g/mol. The molecule has 1 aliphatic rings. The number of rotatable bonds is 5. The maximum atomic E-state index is 10.7. The number of aromatic amines is 1. The monoisotopic (exact) mass is 286 g/mol. The number of carboxylic acids is 1. The van der Waals surface area contributed by atoms with Crippen LogP contribution in [-0.4, -0.2) is 34.0 Å². The van der Waals surface area contributed by atoms with Gasteiger partial charge >= 0.3 is 5.97 Å². The van der Waals surface area contributed by atoms with Crippen LogP contribution >= 0.6 is 0 Å². The Bertz CT molecular complexity index is 587. The summed E-state index contributed by atoms with van der Waals surface area (Å²) in [5, 5.41) is 10.0. The van der Waals surface area contributed by atoms with E-state index in [0.29, 0.717) is 6.04 Å². The van der Waals surface area contributed by atoms with Crippen LogP contribution in [0, 0.1) is 0 Å². The Morgan fingerprint density at radius 1 is 1.33 bits per heavy atom. The molecule has 1 unspecified atom stereocenters. The molecule has 1 atom stereocenters. The number of hydrogen-bond donors (Lipinski definition) is 2. The molecule has 4 nitrogen and oxygen atoms in total. The van der Waals surface area contributed by atoms with Crippen molar-refractivity contribution >= 4 is 16.9 Å². The standard InChI is InChI=1S/C17H22N2O2/c20-17(21)9-5-11-19-10-4-3-8-16(19)15-12-13-6-1-2-7-14(13)18-15/h1-2,6-7,12,16,18H,3-5,8-11H2,(H,20,21). The summed E-state index contributed by atoms with van der Waals surface area (Å²) in [7, 11) is 0. The number of fused-ring (bicyclic) bond motifs is 1. The lowest BCUT2D eigenvalue weighted by atomic mass is 9.99. The van der Waals surface area contributed by atoms with Gasteiger partial charge < -0.3 is 10.1 Å². The van der Waals surface area contributed by atoms with Crippen molar-refractivity contribution in [3.63, 3.8) is 0 Å². The van der Waals surface area contributed by atoms with Gasteiger partial charge in [0.05, 0.1) is 0 Å². The number of H-pyrrole nitrogens is 1. The second-order valence-electron chi connectivity index (χ2n) is 5.86. The number of para-hydroxylation sites is 1. The quantitative estimate of drug-likeness (QED) is 0.883. The summed E-state index contributed by atoms with van der Waals surface area (Å²) in [5.74, 6) is -0.700. The minimum Gasteiger partial charge on any atom is -0.481 e. The number of aliphatic carboxylic acids is 1. The molecule has 0 aliphatic carbocycles. The summed E-state index contributed by atoms with van der Waals surface area (Å²) < 4.78 is 0. The van der Waals surface area contributed by atoms with Crippen LogP contribution in [0.2, 0.25) is 0 Å². The minimum atomic E-state index is -0.700. The SMILES string of the molecule is O=C(O)CCCN1CCCCC1c1cc2ccccc2[nH]1. The molecule has 0 saturated carbocycles. The molecule has 0 bridgehead atoms. The predicted molar refractivity (Wildman–Crippen MR) is 83.3 cm³/mol. The fourth-order valence-electron chi connectivity index (χ4n) is 3.32. The van der Waals surface area contributed by atoms with Crippen LogP contribution in [0.3, 0.4) is 0 Å². The van der Waals surface area contributed by atoms with Gasteiger partial charge in [0.1, 0.15) is 0 Å². The lowest BCUT2D eigenvalue weighted by molar-refractivity contribution is -0.137. The Morgan fingerprint density at radius 2 is 2.19 bits per heavy atom. The fourth-order valence-corrected chi connectivity index (χ4v) is 3.32. The molecule has 1 aliphatic heterocycles. The minimum absolute atomic E-state index is 0.260. The van der Waals surface area contributed by atoms with Gasteiger partial charge in [0.15, 0.2) is 0 Å². The zero-order valence-electron chi connectivity index (χ0n) is 12.2. The number of hydrogen-bond acceptors (Lipinski definition) is 2. The van der Waals surface area contributed by atoms with Gasteiger partial charge in [0.25, 0.3) is 0 Å². The molecule has 0 spiro atoms. The third-order valence-corrected chi connectivity index (χ3v) is 4.36. The molecule has 1 fully saturated rings. The van der Waals surface area contributed by atoms with Crippen LogP contribution in [0.25, 0.3) is 10.9 Å². The summed E-state index contributed by atoms with van der Waals surface area (Å²) >= 11 is 0. The van der Waals surface area contributed by atoms with Gasteiger partial charge in [-0.3, -0.25) is 9.69 Å². The summed E-state index contributed by atoms with van der Waals surface area (Å²) in [5.41, 5.74) is 2.45. The molecule has 1 aromatic heterocycles. The number of likely N-dealkylation sites (tertiary alicyclic amines) is 1. The highest BCUT2D eigenvalue weighted by Crippen LogP contribution is 2.32. The number of nitrogens with zero attached hydrogens (tertiary/aromatic N) is 1. The summed E-state index contributed by atoms with van der Waals surface area (Å²) in [6.07, 6.45) is 4.60. The summed E-state index contributed by atoms with van der Waals surface area (Å²) in [4.78, 5) is 16.7. The molecule has 1 saturated heterocycles. The van der Waals surface area contributed by atoms with E-state index in [1.54, 1.807) is 0 Å². The zero-order valence-corrected chi connectivity index (χ0v) is 12.2. The van der Waals surface area contributed by atoms with Crippen molar-refractivity contribution in [3.05, 3.63) is 36.0 Å². The van der Waals surface area contributed by atoms with Crippen LogP contribution in [-0.2, 0) is 4.79 Å². The number of nitrogens with one attached hydrogen (secondary N) is 1. The van der Waals surface area contributed by atoms with Gasteiger partial charge in [-0.2, -0.15) is 0 Å². The van der Waals surface area contributed by atoms with Gasteiger partial charge in [-0.15, -0.1) is 0 Å². The highest BCUT2D eigenvalue weighted by Gasteiger charge is 2.24. The first-order valence-electron chi connectivity index (χ1n) is 7.77. The van der Waals surface area contributed by atoms with Gasteiger partial charge in [-0.25, -0.2) is 0 Å². The number of piperidine rings is 1. The highest BCUT2D eigenvalue weighted by molar-refractivity contribution is 5.80. The third kappa shape index (κ3) is 3.27. The first-order chi connectivity index (χ1) is 10.2. The highest BCUT2D eigenvalue weighted by atomic mass is 16.4. The van der Waals surface area contributed by atoms with Crippen LogP contribution in [0.1, 0.15) is 43.8 Å². The summed E-state index contributed by atoms with van der Waals surface area (Å²) in [6.45, 7) is 1.94. The first-order valence-corrected chi connectivity index (χ1v) is 7.77. The predicted octanol–water partition coefficient (Wildman–Crippen LogP) is 3.56. The largest absolute Gasteiger partial charge is 0.481 e. The van der Waals surface area contributed by atoms with Crippen molar-refractivity contribution in [2.45, 2.75) is 38.1 Å². The average Bonchev–Trinajstić information content (AvgIpc) is 2.91. The van der Waals surface area contributed by atoms with Crippen molar-refractivity contribution in [2.75, 3.05) is 13.1 Å². The maximum absolute atomic E-state index is 10.7. The molecule has 2 N–H and O–H groups in total. The molecule has 3 rings (SSSR count). The van der Waals surface area contributed by atoms with Crippen LogP contribution in [0.4, 0.5) is 0 Å². The van der Waals surface area contributed by atoms with E-state index in [9.17, 15) is 4.79 Å². The molecule has 2 aromatic rings. The van der Waals surface area contributed by atoms with E-state index in [-0.39, 0.29) is 6.42 Å². The van der Waals surface area contributed by atoms with E-state index in [1.165, 1.54) is 29.4 Å². The lowest BCUT2D eigenvalue weighted by Gasteiger charge is -2.35. The first kappa shape index (κ1) is 14.1. The molecule has 112 valence electrons. The molecule has 4 heteroatoms. The van der Waals surface area contributed by atoms with Crippen LogP contribution < -0.4 is 0 Å². The van der Waals surface area contributed by atoms with E-state index < -0.39 is 5.97 Å². The second kappa shape index (κ2) is 6.31. The molecule has 1 aromatic carbocycles. The van der Waals surface area contributed by atoms with E-state index in [0.717, 1.165) is 25.9 Å². The lowest BCUT2D eigenvalue weighted by Crippen LogP contribution is -2.34. The molecule has 2 heterocycles. The van der Waals surface area contributed by atoms with E-state index in [4.69, 9.17) is 5.11 Å². The van der Waals surface area contributed by atoms with Crippen molar-refractivity contribution in [2.24, 2.45) is 0 Å². The molecule has 0 amide bonds. The number of aromatic nitrogens is 1. The number of carboxylic acid groups (broad SMARTS) is 1. The molecular weight excluding hydrogens is 264 g/mol. The number of carbonyl (C=O) groups is 1. The van der Waals surface area contributed by atoms with Crippen molar-refractivity contribution in [1.82, 2.24) is 9.88 Å². The normalized spacial score (nSPS) is 19.9. The third-order valence-electron chi connectivity index (χ3n) is 4.36. The van der Waals surface area contributed by atoms with Gasteiger partial charge in [0.2, 0.25) is 0 Å². The molecule has 21 heavy (non-hydrogen) atoms. The smallest absolute Gasteiger partial charge is 0.303 e. The van der Waals surface area contributed by atoms with E-state index in [2.05, 4.69) is 34.1 Å². The zero-order chi connectivity index (χ0) is 14.7. The van der Waals surface area contributed by atoms with Crippen molar-refractivity contribution in [1.29, 1.82) is 0 Å². The second-order valence-corrected chi connectivity index (χ2v) is 5.86. The van der Waals surface area contributed by atoms with Gasteiger partial charge in [0, 0.05) is 23.7 Å². The Balaban J connectivity index is 1.75. The van der Waals surface area contributed by atoms with Gasteiger partial charge in [-0.1, -0.05) is 24.6 Å². The Labute approximate surface area is 124 Å². The Kier molecular flexibility index (Phi) is 4.25. The van der Waals surface area contributed by atoms with Crippen molar-refractivity contribution < 1.29 is 9.90 Å². The Hall–Kier alpha value is -1.81. The van der Waals surface area contributed by atoms with Crippen molar-refractivity contribution in [3.8, 4) is 0 Å². The topological polar surface area (TPSA) is 56.3 Å². The van der Waals surface area contributed by atoms with E-state index >= 15 is 0 Å². The maximum Gasteiger partial charge on any atom is 0.303 e. The van der Waals surface area contributed by atoms with Crippen LogP contribution in [0.15, 0.2) is 30.3 Å². The van der Waals surface area contributed by atoms with Gasteiger partial charge in [-0.05, 0) is 49.9 Å². The fraction of sp³-hybridized carbons (Fsp3) is 0.471. The van der Waals surface area contributed by atoms with E-state index in [1.807, 2.05) is 6.07 Å². The summed E-state index contributed by atoms with van der Waals surface area (Å²) in [6, 6.07) is 11.0. The molecular formula is C17H22N2O2. The van der Waals surface area contributed by atoms with Crippen LogP contribution in [0.5, 0.6) is 0 Å². The Morgan fingerprint density at radius 3 is 3.00 bits per heavy atom. The molecule has 0 radical (unpaired) electrons. The number of benzene rings is 1.